The Hall–Kier alpha value is -2.03. The monoisotopic (exact) mass is 393 g/mol. The van der Waals surface area contributed by atoms with Crippen LogP contribution >= 0.6 is 15.9 Å². The zero-order valence-corrected chi connectivity index (χ0v) is 14.2. The highest BCUT2D eigenvalue weighted by Crippen LogP contribution is 2.23. The van der Waals surface area contributed by atoms with Crippen LogP contribution in [0.3, 0.4) is 0 Å². The number of halogens is 1. The minimum Gasteiger partial charge on any atom is -0.311 e. The molecule has 2 N–H and O–H groups in total. The van der Waals surface area contributed by atoms with Gasteiger partial charge < -0.3 is 4.90 Å². The van der Waals surface area contributed by atoms with Gasteiger partial charge >= 0.3 is 0 Å². The largest absolute Gasteiger partial charge is 0.311 e. The van der Waals surface area contributed by atoms with Crippen molar-refractivity contribution in [1.82, 2.24) is 9.88 Å². The zero-order valence-electron chi connectivity index (χ0n) is 11.8. The van der Waals surface area contributed by atoms with E-state index in [-0.39, 0.29) is 10.8 Å². The fraction of sp³-hybridized carbons (Fsp3) is 0.0667. The summed E-state index contributed by atoms with van der Waals surface area (Å²) in [4.78, 5) is 18.2. The van der Waals surface area contributed by atoms with E-state index in [1.54, 1.807) is 17.3 Å². The molecule has 2 aromatic rings. The van der Waals surface area contributed by atoms with Gasteiger partial charge in [-0.3, -0.25) is 4.79 Å². The molecule has 8 heteroatoms. The lowest BCUT2D eigenvalue weighted by atomic mass is 10.1. The Morgan fingerprint density at radius 2 is 1.96 bits per heavy atom. The number of pyridine rings is 1. The predicted octanol–water partition coefficient (Wildman–Crippen LogP) is 2.12. The average Bonchev–Trinajstić information content (AvgIpc) is 2.52. The van der Waals surface area contributed by atoms with E-state index in [0.717, 1.165) is 11.1 Å². The molecule has 0 aliphatic carbocycles. The van der Waals surface area contributed by atoms with Crippen LogP contribution in [0.2, 0.25) is 0 Å². The predicted molar refractivity (Wildman–Crippen MR) is 88.7 cm³/mol. The molecule has 1 amide bonds. The highest BCUT2D eigenvalue weighted by atomic mass is 79.9. The topological polar surface area (TPSA) is 93.4 Å². The van der Waals surface area contributed by atoms with E-state index >= 15 is 0 Å². The zero-order chi connectivity index (χ0) is 16.6. The summed E-state index contributed by atoms with van der Waals surface area (Å²) in [6, 6.07) is 7.42. The number of primary sulfonamides is 1. The summed E-state index contributed by atoms with van der Waals surface area (Å²) < 4.78 is 23.2. The molecule has 0 radical (unpaired) electrons. The summed E-state index contributed by atoms with van der Waals surface area (Å²) in [5, 5.41) is 5.05. The molecule has 23 heavy (non-hydrogen) atoms. The van der Waals surface area contributed by atoms with Gasteiger partial charge in [0.2, 0.25) is 10.0 Å². The smallest absolute Gasteiger partial charge is 0.258 e. The molecule has 0 saturated heterocycles. The van der Waals surface area contributed by atoms with Crippen LogP contribution in [0, 0.1) is 0 Å². The molecule has 0 atom stereocenters. The molecule has 1 aromatic heterocycles. The van der Waals surface area contributed by atoms with Crippen molar-refractivity contribution >= 4 is 37.9 Å². The van der Waals surface area contributed by atoms with Crippen LogP contribution in [0.15, 0.2) is 52.2 Å². The number of benzene rings is 1. The Labute approximate surface area is 141 Å². The molecule has 2 heterocycles. The third-order valence-corrected chi connectivity index (χ3v) is 4.82. The second kappa shape index (κ2) is 5.88. The number of carbonyl (C=O) groups is 1. The van der Waals surface area contributed by atoms with Gasteiger partial charge in [-0.1, -0.05) is 0 Å². The maximum Gasteiger partial charge on any atom is 0.258 e. The first-order chi connectivity index (χ1) is 10.8. The van der Waals surface area contributed by atoms with Gasteiger partial charge in [-0.25, -0.2) is 18.5 Å². The number of rotatable bonds is 2. The van der Waals surface area contributed by atoms with E-state index in [4.69, 9.17) is 5.14 Å². The van der Waals surface area contributed by atoms with E-state index in [2.05, 4.69) is 20.9 Å². The fourth-order valence-corrected chi connectivity index (χ4v) is 3.16. The second-order valence-corrected chi connectivity index (χ2v) is 7.40. The van der Waals surface area contributed by atoms with E-state index in [0.29, 0.717) is 16.7 Å². The summed E-state index contributed by atoms with van der Waals surface area (Å²) in [5.74, 6) is -0.221. The first-order valence-electron chi connectivity index (χ1n) is 6.61. The number of amides is 1. The quantitative estimate of drug-likeness (QED) is 0.790. The van der Waals surface area contributed by atoms with Gasteiger partial charge in [0, 0.05) is 18.0 Å². The van der Waals surface area contributed by atoms with Crippen molar-refractivity contribution in [3.05, 3.63) is 64.0 Å². The van der Waals surface area contributed by atoms with Crippen LogP contribution in [-0.2, 0) is 16.6 Å². The summed E-state index contributed by atoms with van der Waals surface area (Å²) in [7, 11) is -3.77. The molecular weight excluding hydrogens is 382 g/mol. The van der Waals surface area contributed by atoms with Gasteiger partial charge in [0.1, 0.15) is 4.60 Å². The van der Waals surface area contributed by atoms with Crippen LogP contribution < -0.4 is 5.14 Å². The maximum absolute atomic E-state index is 12.5. The van der Waals surface area contributed by atoms with Crippen LogP contribution in [0.25, 0.3) is 6.08 Å². The van der Waals surface area contributed by atoms with Crippen molar-refractivity contribution in [2.24, 2.45) is 5.14 Å². The highest BCUT2D eigenvalue weighted by molar-refractivity contribution is 9.10. The first-order valence-corrected chi connectivity index (χ1v) is 8.95. The van der Waals surface area contributed by atoms with Gasteiger partial charge in [0.25, 0.3) is 5.91 Å². The fourth-order valence-electron chi connectivity index (χ4n) is 2.26. The minimum absolute atomic E-state index is 0.0245. The molecule has 1 aromatic carbocycles. The van der Waals surface area contributed by atoms with Crippen molar-refractivity contribution in [2.45, 2.75) is 11.4 Å². The summed E-state index contributed by atoms with van der Waals surface area (Å²) in [6.07, 6.45) is 5.24. The molecule has 0 unspecified atom stereocenters. The lowest BCUT2D eigenvalue weighted by Gasteiger charge is -2.23. The Balaban J connectivity index is 1.85. The molecule has 0 bridgehead atoms. The summed E-state index contributed by atoms with van der Waals surface area (Å²) >= 11 is 3.31. The number of carbonyl (C=O) groups excluding carboxylic acids is 1. The number of fused-ring (bicyclic) bond motifs is 1. The molecular formula is C15H12BrN3O3S. The van der Waals surface area contributed by atoms with Gasteiger partial charge in [-0.15, -0.1) is 0 Å². The Morgan fingerprint density at radius 3 is 2.61 bits per heavy atom. The SMILES string of the molecule is NS(=O)(=O)c1ccc(C(=O)N2C=Cc3cnc(Br)cc3C2)cc1. The number of sulfonamides is 1. The van der Waals surface area contributed by atoms with E-state index in [1.807, 2.05) is 12.1 Å². The summed E-state index contributed by atoms with van der Waals surface area (Å²) in [6.45, 7) is 0.419. The van der Waals surface area contributed by atoms with E-state index in [9.17, 15) is 13.2 Å². The number of nitrogens with two attached hydrogens (primary N) is 1. The lowest BCUT2D eigenvalue weighted by molar-refractivity contribution is 0.0813. The van der Waals surface area contributed by atoms with Crippen LogP contribution in [-0.4, -0.2) is 24.2 Å². The molecule has 0 spiro atoms. The Bertz CT molecular complexity index is 908. The third-order valence-electron chi connectivity index (χ3n) is 3.46. The van der Waals surface area contributed by atoms with Crippen molar-refractivity contribution in [3.8, 4) is 0 Å². The third kappa shape index (κ3) is 3.34. The molecule has 0 saturated carbocycles. The number of hydrogen-bond donors (Lipinski definition) is 1. The van der Waals surface area contributed by atoms with E-state index < -0.39 is 10.0 Å². The van der Waals surface area contributed by atoms with Crippen LogP contribution in [0.4, 0.5) is 0 Å². The van der Waals surface area contributed by atoms with Gasteiger partial charge in [0.15, 0.2) is 0 Å². The number of hydrogen-bond acceptors (Lipinski definition) is 4. The van der Waals surface area contributed by atoms with Gasteiger partial charge in [-0.05, 0) is 63.5 Å². The highest BCUT2D eigenvalue weighted by Gasteiger charge is 2.19. The van der Waals surface area contributed by atoms with Crippen LogP contribution in [0.5, 0.6) is 0 Å². The summed E-state index contributed by atoms with van der Waals surface area (Å²) in [5.41, 5.74) is 2.32. The standard InChI is InChI=1S/C15H12BrN3O3S/c16-14-7-12-9-19(6-5-11(12)8-18-14)15(20)10-1-3-13(4-2-10)23(17,21)22/h1-8H,9H2,(H2,17,21,22). The second-order valence-electron chi connectivity index (χ2n) is 5.02. The number of nitrogens with zero attached hydrogens (tertiary/aromatic N) is 2. The molecule has 6 nitrogen and oxygen atoms in total. The van der Waals surface area contributed by atoms with Crippen LogP contribution in [0.1, 0.15) is 21.5 Å². The average molecular weight is 394 g/mol. The van der Waals surface area contributed by atoms with Crippen molar-refractivity contribution in [1.29, 1.82) is 0 Å². The minimum atomic E-state index is -3.77. The maximum atomic E-state index is 12.5. The molecule has 1 aliphatic rings. The lowest BCUT2D eigenvalue weighted by Crippen LogP contribution is -2.27. The molecule has 3 rings (SSSR count). The normalized spacial score (nSPS) is 13.7. The van der Waals surface area contributed by atoms with Crippen molar-refractivity contribution in [3.63, 3.8) is 0 Å². The van der Waals surface area contributed by atoms with Gasteiger partial charge in [0.05, 0.1) is 11.4 Å². The molecule has 1 aliphatic heterocycles. The van der Waals surface area contributed by atoms with E-state index in [1.165, 1.54) is 24.3 Å². The number of aromatic nitrogens is 1. The van der Waals surface area contributed by atoms with Crippen molar-refractivity contribution in [2.75, 3.05) is 0 Å². The van der Waals surface area contributed by atoms with Crippen molar-refractivity contribution < 1.29 is 13.2 Å². The van der Waals surface area contributed by atoms with Gasteiger partial charge in [-0.2, -0.15) is 0 Å². The Kier molecular flexibility index (Phi) is 4.05. The molecule has 0 fully saturated rings. The first kappa shape index (κ1) is 15.9. The Morgan fingerprint density at radius 1 is 1.26 bits per heavy atom. The molecule has 118 valence electrons.